The molecule has 1 atom stereocenters. The van der Waals surface area contributed by atoms with E-state index in [-0.39, 0.29) is 24.2 Å². The molecule has 3 rings (SSSR count). The largest absolute Gasteiger partial charge is 0.454 e. The van der Waals surface area contributed by atoms with Crippen molar-refractivity contribution in [3.63, 3.8) is 0 Å². The minimum Gasteiger partial charge on any atom is -0.454 e. The zero-order chi connectivity index (χ0) is 16.4. The van der Waals surface area contributed by atoms with E-state index >= 15 is 0 Å². The number of hydrogen-bond donors (Lipinski definition) is 1. The third-order valence-electron chi connectivity index (χ3n) is 3.84. The highest BCUT2D eigenvalue weighted by Gasteiger charge is 2.27. The van der Waals surface area contributed by atoms with Crippen molar-refractivity contribution in [3.8, 4) is 0 Å². The van der Waals surface area contributed by atoms with Gasteiger partial charge in [-0.05, 0) is 42.8 Å². The average molecular weight is 309 g/mol. The average Bonchev–Trinajstić information content (AvgIpc) is 2.87. The Hall–Kier alpha value is -2.95. The monoisotopic (exact) mass is 309 g/mol. The van der Waals surface area contributed by atoms with Gasteiger partial charge in [0, 0.05) is 11.3 Å². The van der Waals surface area contributed by atoms with Crippen LogP contribution in [0.4, 0.5) is 5.69 Å². The van der Waals surface area contributed by atoms with Crippen LogP contribution in [0, 0.1) is 0 Å². The first-order chi connectivity index (χ1) is 11.1. The van der Waals surface area contributed by atoms with E-state index in [9.17, 15) is 14.4 Å². The zero-order valence-electron chi connectivity index (χ0n) is 12.5. The molecule has 0 unspecified atom stereocenters. The number of ketones is 1. The molecule has 0 fully saturated rings. The van der Waals surface area contributed by atoms with E-state index in [0.717, 1.165) is 11.3 Å². The molecule has 2 aromatic rings. The smallest absolute Gasteiger partial charge is 0.338 e. The molecule has 0 radical (unpaired) electrons. The van der Waals surface area contributed by atoms with Gasteiger partial charge in [0.25, 0.3) is 0 Å². The summed E-state index contributed by atoms with van der Waals surface area (Å²) in [5.41, 5.74) is 2.33. The number of amides is 1. The molecule has 1 amide bonds. The second kappa shape index (κ2) is 6.04. The molecule has 1 aliphatic heterocycles. The van der Waals surface area contributed by atoms with Crippen molar-refractivity contribution in [3.05, 3.63) is 65.2 Å². The topological polar surface area (TPSA) is 72.5 Å². The van der Waals surface area contributed by atoms with Crippen LogP contribution in [-0.2, 0) is 9.53 Å². The number of Topliss-reactive ketones (excluding diaryl/α,β-unsaturated/α-hetero) is 1. The number of anilines is 1. The maximum absolute atomic E-state index is 12.2. The van der Waals surface area contributed by atoms with Gasteiger partial charge < -0.3 is 10.1 Å². The zero-order valence-corrected chi connectivity index (χ0v) is 12.5. The first kappa shape index (κ1) is 15.0. The predicted molar refractivity (Wildman–Crippen MR) is 84.5 cm³/mol. The lowest BCUT2D eigenvalue weighted by atomic mass is 9.99. The molecule has 1 aliphatic rings. The SMILES string of the molecule is C[C@H]1C(=O)Nc2ccc(C(=O)COC(=O)c3ccccc3)cc21. The molecule has 1 N–H and O–H groups in total. The van der Waals surface area contributed by atoms with Crippen molar-refractivity contribution in [2.45, 2.75) is 12.8 Å². The summed E-state index contributed by atoms with van der Waals surface area (Å²) in [5.74, 6) is -1.21. The van der Waals surface area contributed by atoms with E-state index < -0.39 is 5.97 Å². The number of nitrogens with one attached hydrogen (secondary N) is 1. The number of fused-ring (bicyclic) bond motifs is 1. The normalized spacial score (nSPS) is 15.7. The van der Waals surface area contributed by atoms with Crippen molar-refractivity contribution in [1.82, 2.24) is 0 Å². The third kappa shape index (κ3) is 2.99. The van der Waals surface area contributed by atoms with Gasteiger partial charge in [0.05, 0.1) is 11.5 Å². The molecule has 0 spiro atoms. The van der Waals surface area contributed by atoms with Crippen molar-refractivity contribution in [2.75, 3.05) is 11.9 Å². The summed E-state index contributed by atoms with van der Waals surface area (Å²) in [6, 6.07) is 13.5. The Balaban J connectivity index is 1.68. The van der Waals surface area contributed by atoms with Crippen LogP contribution in [0.5, 0.6) is 0 Å². The summed E-state index contributed by atoms with van der Waals surface area (Å²) in [6.45, 7) is 1.45. The maximum atomic E-state index is 12.2. The van der Waals surface area contributed by atoms with Crippen LogP contribution in [-0.4, -0.2) is 24.3 Å². The summed E-state index contributed by atoms with van der Waals surface area (Å²) in [5, 5.41) is 2.75. The third-order valence-corrected chi connectivity index (χ3v) is 3.84. The first-order valence-corrected chi connectivity index (χ1v) is 7.26. The van der Waals surface area contributed by atoms with Crippen LogP contribution in [0.15, 0.2) is 48.5 Å². The number of carbonyl (C=O) groups is 3. The highest BCUT2D eigenvalue weighted by molar-refractivity contribution is 6.05. The van der Waals surface area contributed by atoms with Gasteiger partial charge in [0.15, 0.2) is 12.4 Å². The lowest BCUT2D eigenvalue weighted by Crippen LogP contribution is -2.14. The molecular weight excluding hydrogens is 294 g/mol. The van der Waals surface area contributed by atoms with Crippen LogP contribution in [0.3, 0.4) is 0 Å². The van der Waals surface area contributed by atoms with Crippen LogP contribution in [0.25, 0.3) is 0 Å². The van der Waals surface area contributed by atoms with Gasteiger partial charge in [-0.3, -0.25) is 9.59 Å². The van der Waals surface area contributed by atoms with Crippen LogP contribution < -0.4 is 5.32 Å². The molecule has 1 heterocycles. The summed E-state index contributed by atoms with van der Waals surface area (Å²) < 4.78 is 5.04. The van der Waals surface area contributed by atoms with Gasteiger partial charge >= 0.3 is 5.97 Å². The van der Waals surface area contributed by atoms with E-state index in [0.29, 0.717) is 11.1 Å². The Morgan fingerprint density at radius 2 is 1.83 bits per heavy atom. The number of ether oxygens (including phenoxy) is 1. The standard InChI is InChI=1S/C18H15NO4/c1-11-14-9-13(7-8-15(14)19-17(11)21)16(20)10-23-18(22)12-5-3-2-4-6-12/h2-9,11H,10H2,1H3,(H,19,21)/t11-/m1/s1. The van der Waals surface area contributed by atoms with E-state index in [2.05, 4.69) is 5.32 Å². The van der Waals surface area contributed by atoms with E-state index in [4.69, 9.17) is 4.74 Å². The Labute approximate surface area is 133 Å². The Morgan fingerprint density at radius 1 is 1.09 bits per heavy atom. The van der Waals surface area contributed by atoms with Crippen molar-refractivity contribution >= 4 is 23.3 Å². The van der Waals surface area contributed by atoms with Gasteiger partial charge in [-0.25, -0.2) is 4.79 Å². The molecule has 0 saturated carbocycles. The molecule has 2 aromatic carbocycles. The molecule has 0 bridgehead atoms. The fourth-order valence-electron chi connectivity index (χ4n) is 2.46. The Morgan fingerprint density at radius 3 is 2.57 bits per heavy atom. The summed E-state index contributed by atoms with van der Waals surface area (Å²) in [4.78, 5) is 35.6. The lowest BCUT2D eigenvalue weighted by Gasteiger charge is -2.07. The second-order valence-corrected chi connectivity index (χ2v) is 5.38. The van der Waals surface area contributed by atoms with Crippen molar-refractivity contribution in [2.24, 2.45) is 0 Å². The quantitative estimate of drug-likeness (QED) is 0.696. The van der Waals surface area contributed by atoms with E-state index in [1.165, 1.54) is 0 Å². The molecule has 23 heavy (non-hydrogen) atoms. The number of hydrogen-bond acceptors (Lipinski definition) is 4. The fourth-order valence-corrected chi connectivity index (χ4v) is 2.46. The molecule has 0 saturated heterocycles. The highest BCUT2D eigenvalue weighted by Crippen LogP contribution is 2.32. The van der Waals surface area contributed by atoms with Gasteiger partial charge in [0.1, 0.15) is 0 Å². The molecular formula is C18H15NO4. The van der Waals surface area contributed by atoms with Crippen molar-refractivity contribution < 1.29 is 19.1 Å². The molecule has 5 heteroatoms. The number of carbonyl (C=O) groups excluding carboxylic acids is 3. The lowest BCUT2D eigenvalue weighted by molar-refractivity contribution is -0.116. The number of benzene rings is 2. The first-order valence-electron chi connectivity index (χ1n) is 7.26. The second-order valence-electron chi connectivity index (χ2n) is 5.38. The van der Waals surface area contributed by atoms with Crippen molar-refractivity contribution in [1.29, 1.82) is 0 Å². The Kier molecular flexibility index (Phi) is 3.93. The van der Waals surface area contributed by atoms with Gasteiger partial charge in [-0.15, -0.1) is 0 Å². The summed E-state index contributed by atoms with van der Waals surface area (Å²) in [7, 11) is 0. The fraction of sp³-hybridized carbons (Fsp3) is 0.167. The van der Waals surface area contributed by atoms with Gasteiger partial charge in [0.2, 0.25) is 5.91 Å². The highest BCUT2D eigenvalue weighted by atomic mass is 16.5. The van der Waals surface area contributed by atoms with Gasteiger partial charge in [-0.1, -0.05) is 18.2 Å². The summed E-state index contributed by atoms with van der Waals surface area (Å²) >= 11 is 0. The summed E-state index contributed by atoms with van der Waals surface area (Å²) in [6.07, 6.45) is 0. The predicted octanol–water partition coefficient (Wildman–Crippen LogP) is 2.78. The minimum atomic E-state index is -0.537. The minimum absolute atomic E-state index is 0.0832. The maximum Gasteiger partial charge on any atom is 0.338 e. The number of esters is 1. The van der Waals surface area contributed by atoms with Crippen LogP contribution >= 0.6 is 0 Å². The molecule has 0 aliphatic carbocycles. The molecule has 5 nitrogen and oxygen atoms in total. The van der Waals surface area contributed by atoms with E-state index in [1.54, 1.807) is 55.5 Å². The van der Waals surface area contributed by atoms with E-state index in [1.807, 2.05) is 0 Å². The Bertz CT molecular complexity index is 783. The van der Waals surface area contributed by atoms with Crippen LogP contribution in [0.1, 0.15) is 39.1 Å². The molecule has 116 valence electrons. The number of rotatable bonds is 4. The van der Waals surface area contributed by atoms with Crippen LogP contribution in [0.2, 0.25) is 0 Å². The molecule has 0 aromatic heterocycles. The van der Waals surface area contributed by atoms with Gasteiger partial charge in [-0.2, -0.15) is 0 Å².